The summed E-state index contributed by atoms with van der Waals surface area (Å²) in [5, 5.41) is 0. The second-order valence-electron chi connectivity index (χ2n) is 1.57. The lowest BCUT2D eigenvalue weighted by atomic mass is 11.0. The van der Waals surface area contributed by atoms with Crippen molar-refractivity contribution in [2.45, 2.75) is 12.1 Å². The fourth-order valence-corrected chi connectivity index (χ4v) is 6.50. The molecule has 0 N–H and O–H groups in total. The van der Waals surface area contributed by atoms with E-state index in [1.165, 1.54) is 0 Å². The highest BCUT2D eigenvalue weighted by Gasteiger charge is 1.97. The van der Waals surface area contributed by atoms with Crippen LogP contribution in [0.1, 0.15) is 0 Å². The van der Waals surface area contributed by atoms with Gasteiger partial charge in [-0.05, 0) is 0 Å². The van der Waals surface area contributed by atoms with E-state index in [-0.39, 0.29) is 0 Å². The van der Waals surface area contributed by atoms with Crippen LogP contribution in [0.4, 0.5) is 0 Å². The lowest BCUT2D eigenvalue weighted by Crippen LogP contribution is -1.78. The van der Waals surface area contributed by atoms with Gasteiger partial charge in [0.1, 0.15) is 0 Å². The predicted octanol–water partition coefficient (Wildman–Crippen LogP) is -0.707. The predicted molar refractivity (Wildman–Crippen MR) is 31.0 cm³/mol. The van der Waals surface area contributed by atoms with Gasteiger partial charge in [-0.15, -0.1) is 0 Å². The Balaban J connectivity index is 2.08. The molecule has 0 atom stereocenters. The second kappa shape index (κ2) is 1.77. The smallest absolute Gasteiger partial charge is 0.0191 e. The summed E-state index contributed by atoms with van der Waals surface area (Å²) in [5.41, 5.74) is 2.64. The zero-order chi connectivity index (χ0) is 3.54. The molecule has 0 saturated carbocycles. The van der Waals surface area contributed by atoms with Crippen LogP contribution in [0.3, 0.4) is 0 Å². The molecule has 0 bridgehead atoms. The largest absolute Gasteiger partial charge is 0.0657 e. The Hall–Kier alpha value is 0.434. The number of hydrogen-bond acceptors (Lipinski definition) is 0. The SMILES string of the molecule is [CH]1[SiH2]CC[SiH2]1. The highest BCUT2D eigenvalue weighted by molar-refractivity contribution is 6.67. The fourth-order valence-electron chi connectivity index (χ4n) is 0.722. The van der Waals surface area contributed by atoms with Crippen molar-refractivity contribution >= 4 is 19.0 Å². The van der Waals surface area contributed by atoms with Crippen molar-refractivity contribution in [2.24, 2.45) is 0 Å². The van der Waals surface area contributed by atoms with E-state index in [0.717, 1.165) is 0 Å². The van der Waals surface area contributed by atoms with Crippen molar-refractivity contribution in [2.75, 3.05) is 0 Å². The van der Waals surface area contributed by atoms with Gasteiger partial charge in [-0.3, -0.25) is 0 Å². The highest BCUT2D eigenvalue weighted by Crippen LogP contribution is 1.98. The van der Waals surface area contributed by atoms with Crippen LogP contribution < -0.4 is 0 Å². The van der Waals surface area contributed by atoms with Crippen LogP contribution in [-0.4, -0.2) is 19.0 Å². The first-order chi connectivity index (χ1) is 2.50. The fraction of sp³-hybridized carbons (Fsp3) is 0.667. The molecule has 0 aromatic carbocycles. The van der Waals surface area contributed by atoms with Gasteiger partial charge >= 0.3 is 0 Å². The third kappa shape index (κ3) is 0.889. The first-order valence-corrected chi connectivity index (χ1v) is 5.95. The quantitative estimate of drug-likeness (QED) is 0.354. The number of hydrogen-bond donors (Lipinski definition) is 0. The van der Waals surface area contributed by atoms with Crippen LogP contribution in [0.2, 0.25) is 12.1 Å². The molecule has 0 nitrogen and oxygen atoms in total. The summed E-state index contributed by atoms with van der Waals surface area (Å²) >= 11 is 0. The zero-order valence-electron chi connectivity index (χ0n) is 3.41. The van der Waals surface area contributed by atoms with E-state index in [9.17, 15) is 0 Å². The van der Waals surface area contributed by atoms with Crippen molar-refractivity contribution < 1.29 is 0 Å². The van der Waals surface area contributed by atoms with E-state index < -0.39 is 0 Å². The Kier molecular flexibility index (Phi) is 1.28. The van der Waals surface area contributed by atoms with Crippen molar-refractivity contribution in [1.82, 2.24) is 0 Å². The van der Waals surface area contributed by atoms with Gasteiger partial charge in [0.2, 0.25) is 0 Å². The minimum absolute atomic E-state index is 0.480. The molecule has 0 aromatic heterocycles. The molecule has 1 rings (SSSR count). The van der Waals surface area contributed by atoms with E-state index in [2.05, 4.69) is 5.67 Å². The van der Waals surface area contributed by atoms with Crippen LogP contribution >= 0.6 is 0 Å². The summed E-state index contributed by atoms with van der Waals surface area (Å²) in [6.45, 7) is 0. The Morgan fingerprint density at radius 3 is 2.00 bits per heavy atom. The Labute approximate surface area is 37.6 Å². The van der Waals surface area contributed by atoms with Gasteiger partial charge in [-0.25, -0.2) is 0 Å². The van der Waals surface area contributed by atoms with E-state index >= 15 is 0 Å². The topological polar surface area (TPSA) is 0 Å². The van der Waals surface area contributed by atoms with Crippen LogP contribution in [0.15, 0.2) is 0 Å². The van der Waals surface area contributed by atoms with Crippen LogP contribution in [0.25, 0.3) is 0 Å². The maximum absolute atomic E-state index is 2.64. The summed E-state index contributed by atoms with van der Waals surface area (Å²) in [6.07, 6.45) is 0. The van der Waals surface area contributed by atoms with E-state index in [4.69, 9.17) is 0 Å². The molecule has 1 radical (unpaired) electrons. The van der Waals surface area contributed by atoms with Crippen LogP contribution in [-0.2, 0) is 0 Å². The van der Waals surface area contributed by atoms with E-state index in [1.807, 2.05) is 0 Å². The second-order valence-corrected chi connectivity index (χ2v) is 6.45. The van der Waals surface area contributed by atoms with Crippen LogP contribution in [0.5, 0.6) is 0 Å². The first-order valence-electron chi connectivity index (χ1n) is 2.32. The molecule has 1 aliphatic rings. The summed E-state index contributed by atoms with van der Waals surface area (Å²) in [7, 11) is 0.960. The maximum atomic E-state index is 2.64. The molecule has 0 aliphatic carbocycles. The van der Waals surface area contributed by atoms with Crippen molar-refractivity contribution in [1.29, 1.82) is 0 Å². The molecule has 1 saturated heterocycles. The zero-order valence-corrected chi connectivity index (χ0v) is 6.23. The molecule has 0 aromatic rings. The molecule has 0 spiro atoms. The minimum Gasteiger partial charge on any atom is -0.0657 e. The summed E-state index contributed by atoms with van der Waals surface area (Å²) in [5.74, 6) is 0. The molecule has 29 valence electrons. The van der Waals surface area contributed by atoms with E-state index in [1.54, 1.807) is 12.1 Å². The Morgan fingerprint density at radius 2 is 1.80 bits per heavy atom. The van der Waals surface area contributed by atoms with Crippen molar-refractivity contribution in [3.63, 3.8) is 0 Å². The monoisotopic (exact) mass is 101 g/mol. The molecule has 5 heavy (non-hydrogen) atoms. The molecule has 1 aliphatic heterocycles. The molecule has 2 heteroatoms. The Morgan fingerprint density at radius 1 is 1.20 bits per heavy atom. The average Bonchev–Trinajstić information content (AvgIpc) is 1.76. The van der Waals surface area contributed by atoms with Gasteiger partial charge in [0, 0.05) is 19.0 Å². The standard InChI is InChI=1S/C3H9Si2/c1-2-5-3-4-1/h3H,1-2,4-5H2. The molecule has 1 fully saturated rings. The molecular formula is C3H9Si2. The number of rotatable bonds is 0. The van der Waals surface area contributed by atoms with Gasteiger partial charge in [0.05, 0.1) is 0 Å². The summed E-state index contributed by atoms with van der Waals surface area (Å²) in [4.78, 5) is 0. The van der Waals surface area contributed by atoms with Gasteiger partial charge in [-0.1, -0.05) is 17.8 Å². The molecule has 1 heterocycles. The molecule has 0 unspecified atom stereocenters. The average molecular weight is 101 g/mol. The summed E-state index contributed by atoms with van der Waals surface area (Å²) in [6, 6.07) is 3.29. The minimum atomic E-state index is 0.480. The lowest BCUT2D eigenvalue weighted by molar-refractivity contribution is 1.46. The van der Waals surface area contributed by atoms with E-state index in [0.29, 0.717) is 19.0 Å². The lowest BCUT2D eigenvalue weighted by Gasteiger charge is -1.66. The summed E-state index contributed by atoms with van der Waals surface area (Å²) < 4.78 is 0. The van der Waals surface area contributed by atoms with Gasteiger partial charge < -0.3 is 0 Å². The Bertz CT molecular complexity index is 16.5. The molecular weight excluding hydrogens is 92.2 g/mol. The first kappa shape index (κ1) is 3.62. The van der Waals surface area contributed by atoms with Crippen molar-refractivity contribution in [3.05, 3.63) is 5.67 Å². The third-order valence-electron chi connectivity index (χ3n) is 1.07. The van der Waals surface area contributed by atoms with Crippen LogP contribution in [0, 0.1) is 5.67 Å². The van der Waals surface area contributed by atoms with Gasteiger partial charge in [0.15, 0.2) is 0 Å². The van der Waals surface area contributed by atoms with Gasteiger partial charge in [-0.2, -0.15) is 0 Å². The highest BCUT2D eigenvalue weighted by atomic mass is 28.3. The molecule has 0 amide bonds. The van der Waals surface area contributed by atoms with Crippen molar-refractivity contribution in [3.8, 4) is 0 Å². The van der Waals surface area contributed by atoms with Gasteiger partial charge in [0.25, 0.3) is 0 Å². The normalized spacial score (nSPS) is 33.6. The maximum Gasteiger partial charge on any atom is 0.0191 e. The third-order valence-corrected chi connectivity index (χ3v) is 7.15.